The minimum atomic E-state index is -1.60. The zero-order valence-electron chi connectivity index (χ0n) is 14.1. The predicted octanol–water partition coefficient (Wildman–Crippen LogP) is 1.20. The van der Waals surface area contributed by atoms with Gasteiger partial charge >= 0.3 is 0 Å². The molecule has 6 heteroatoms. The highest BCUT2D eigenvalue weighted by molar-refractivity contribution is 7.90. The summed E-state index contributed by atoms with van der Waals surface area (Å²) in [5.41, 5.74) is -0.559. The lowest BCUT2D eigenvalue weighted by molar-refractivity contribution is -0.136. The first-order valence-electron chi connectivity index (χ1n) is 8.32. The van der Waals surface area contributed by atoms with Crippen LogP contribution in [0, 0.1) is 29.1 Å². The number of carbonyl (C=O) groups excluding carboxylic acids is 2. The summed E-state index contributed by atoms with van der Waals surface area (Å²) >= 11 is 0. The Morgan fingerprint density at radius 3 is 2.71 bits per heavy atom. The third-order valence-electron chi connectivity index (χ3n) is 6.48. The molecule has 0 spiro atoms. The van der Waals surface area contributed by atoms with Gasteiger partial charge in [0.1, 0.15) is 4.91 Å². The van der Waals surface area contributed by atoms with Crippen LogP contribution in [0.1, 0.15) is 39.5 Å². The first kappa shape index (κ1) is 17.4. The molecule has 4 atom stereocenters. The van der Waals surface area contributed by atoms with E-state index in [-0.39, 0.29) is 29.0 Å². The van der Waals surface area contributed by atoms with Gasteiger partial charge in [0.15, 0.2) is 0 Å². The van der Waals surface area contributed by atoms with Crippen molar-refractivity contribution in [2.24, 2.45) is 16.7 Å². The van der Waals surface area contributed by atoms with E-state index >= 15 is 0 Å². The molecule has 3 rings (SSSR count). The second-order valence-corrected chi connectivity index (χ2v) is 9.03. The van der Waals surface area contributed by atoms with Gasteiger partial charge in [0, 0.05) is 30.2 Å². The van der Waals surface area contributed by atoms with Crippen LogP contribution in [0.25, 0.3) is 0 Å². The van der Waals surface area contributed by atoms with Crippen molar-refractivity contribution in [3.05, 3.63) is 11.0 Å². The molecule has 3 aliphatic rings. The predicted molar refractivity (Wildman–Crippen MR) is 90.8 cm³/mol. The van der Waals surface area contributed by atoms with E-state index in [4.69, 9.17) is 6.42 Å². The van der Waals surface area contributed by atoms with E-state index in [1.165, 1.54) is 6.08 Å². The Hall–Kier alpha value is -1.45. The maximum atomic E-state index is 12.9. The molecular weight excluding hydrogens is 326 g/mol. The quantitative estimate of drug-likeness (QED) is 0.598. The van der Waals surface area contributed by atoms with Gasteiger partial charge in [-0.15, -0.1) is 12.3 Å². The lowest BCUT2D eigenvalue weighted by Crippen LogP contribution is -2.44. The number of hydrogen-bond donors (Lipinski definition) is 1. The maximum Gasteiger partial charge on any atom is 0.269 e. The van der Waals surface area contributed by atoms with Crippen molar-refractivity contribution in [2.75, 3.05) is 12.3 Å². The van der Waals surface area contributed by atoms with Crippen LogP contribution in [-0.4, -0.2) is 44.4 Å². The van der Waals surface area contributed by atoms with Crippen LogP contribution in [0.5, 0.6) is 0 Å². The fourth-order valence-corrected chi connectivity index (χ4v) is 6.60. The maximum absolute atomic E-state index is 12.9. The number of carbonyl (C=O) groups is 2. The van der Waals surface area contributed by atoms with Crippen LogP contribution in [-0.2, 0) is 20.4 Å². The number of fused-ring (bicyclic) bond motifs is 2. The summed E-state index contributed by atoms with van der Waals surface area (Å²) in [6.07, 6.45) is 8.69. The van der Waals surface area contributed by atoms with Crippen LogP contribution < -0.4 is 0 Å². The monoisotopic (exact) mass is 349 g/mol. The van der Waals surface area contributed by atoms with E-state index in [0.29, 0.717) is 5.92 Å². The van der Waals surface area contributed by atoms with Crippen molar-refractivity contribution in [1.29, 1.82) is 0 Å². The molecule has 0 aromatic carbocycles. The molecule has 0 radical (unpaired) electrons. The zero-order chi connectivity index (χ0) is 17.7. The molecule has 2 saturated carbocycles. The largest absolute Gasteiger partial charge is 0.392 e. The lowest BCUT2D eigenvalue weighted by Gasteiger charge is -2.40. The fourth-order valence-electron chi connectivity index (χ4n) is 4.73. The SMILES string of the molecule is C#CCCN1C(=O)C=C([S@](=O)C[C@]23CC[C@H](C[C@H]2O)C3(C)C)C1=O. The Morgan fingerprint density at radius 2 is 2.17 bits per heavy atom. The van der Waals surface area contributed by atoms with Crippen molar-refractivity contribution >= 4 is 22.6 Å². The van der Waals surface area contributed by atoms with Gasteiger partial charge in [0.25, 0.3) is 11.8 Å². The second-order valence-electron chi connectivity index (χ2n) is 7.61. The Labute approximate surface area is 144 Å². The third-order valence-corrected chi connectivity index (χ3v) is 8.04. The molecule has 5 nitrogen and oxygen atoms in total. The normalized spacial score (nSPS) is 35.2. The summed E-state index contributed by atoms with van der Waals surface area (Å²) in [6, 6.07) is 0. The number of terminal acetylenes is 1. The van der Waals surface area contributed by atoms with E-state index < -0.39 is 34.1 Å². The van der Waals surface area contributed by atoms with Crippen molar-refractivity contribution < 1.29 is 18.9 Å². The van der Waals surface area contributed by atoms with Crippen LogP contribution in [0.2, 0.25) is 0 Å². The van der Waals surface area contributed by atoms with Crippen molar-refractivity contribution in [1.82, 2.24) is 4.90 Å². The molecule has 24 heavy (non-hydrogen) atoms. The number of aliphatic hydroxyl groups excluding tert-OH is 1. The Bertz CT molecular complexity index is 690. The van der Waals surface area contributed by atoms with Gasteiger partial charge in [0.05, 0.1) is 16.9 Å². The third kappa shape index (κ3) is 2.29. The van der Waals surface area contributed by atoms with E-state index in [1.54, 1.807) is 0 Å². The lowest BCUT2D eigenvalue weighted by atomic mass is 9.70. The van der Waals surface area contributed by atoms with Crippen LogP contribution >= 0.6 is 0 Å². The van der Waals surface area contributed by atoms with Crippen LogP contribution in [0.15, 0.2) is 11.0 Å². The summed E-state index contributed by atoms with van der Waals surface area (Å²) in [4.78, 5) is 25.5. The number of nitrogens with zero attached hydrogens (tertiary/aromatic N) is 1. The van der Waals surface area contributed by atoms with E-state index in [2.05, 4.69) is 19.8 Å². The van der Waals surface area contributed by atoms with Crippen molar-refractivity contribution in [3.8, 4) is 12.3 Å². The number of hydrogen-bond acceptors (Lipinski definition) is 4. The number of amides is 2. The molecule has 1 aliphatic heterocycles. The Morgan fingerprint density at radius 1 is 1.46 bits per heavy atom. The molecule has 2 aliphatic carbocycles. The standard InChI is InChI=1S/C18H23NO4S/c1-4-5-8-19-15(21)10-13(16(19)22)24(23)11-18-7-6-12(9-14(18)20)17(18,2)3/h1,10,12,14,20H,5-9,11H2,2-3H3/t12-,14-,18-,24-/m1/s1. The van der Waals surface area contributed by atoms with Gasteiger partial charge in [-0.2, -0.15) is 0 Å². The molecule has 1 N–H and O–H groups in total. The molecule has 0 unspecified atom stereocenters. The average Bonchev–Trinajstić information content (AvgIpc) is 3.00. The number of imide groups is 1. The van der Waals surface area contributed by atoms with Gasteiger partial charge in [0.2, 0.25) is 0 Å². The minimum absolute atomic E-state index is 0.0461. The molecule has 1 heterocycles. The molecule has 2 bridgehead atoms. The molecule has 0 aromatic heterocycles. The van der Waals surface area contributed by atoms with Crippen LogP contribution in [0.3, 0.4) is 0 Å². The molecule has 130 valence electrons. The molecule has 0 aromatic rings. The highest BCUT2D eigenvalue weighted by atomic mass is 32.2. The van der Waals surface area contributed by atoms with Gasteiger partial charge in [-0.25, -0.2) is 0 Å². The van der Waals surface area contributed by atoms with Crippen LogP contribution in [0.4, 0.5) is 0 Å². The highest BCUT2D eigenvalue weighted by Gasteiger charge is 2.64. The van der Waals surface area contributed by atoms with Gasteiger partial charge < -0.3 is 5.11 Å². The first-order valence-corrected chi connectivity index (χ1v) is 9.64. The summed E-state index contributed by atoms with van der Waals surface area (Å²) in [5, 5.41) is 10.5. The Balaban J connectivity index is 1.79. The van der Waals surface area contributed by atoms with Gasteiger partial charge in [-0.3, -0.25) is 18.7 Å². The number of aliphatic hydroxyl groups is 1. The first-order chi connectivity index (χ1) is 11.2. The van der Waals surface area contributed by atoms with E-state index in [1.807, 2.05) is 0 Å². The zero-order valence-corrected chi connectivity index (χ0v) is 14.9. The Kier molecular flexibility index (Phi) is 4.21. The minimum Gasteiger partial charge on any atom is -0.392 e. The van der Waals surface area contributed by atoms with Gasteiger partial charge in [-0.1, -0.05) is 13.8 Å². The summed E-state index contributed by atoms with van der Waals surface area (Å²) in [6.45, 7) is 4.38. The highest BCUT2D eigenvalue weighted by Crippen LogP contribution is 2.66. The smallest absolute Gasteiger partial charge is 0.269 e. The van der Waals surface area contributed by atoms with Crippen molar-refractivity contribution in [3.63, 3.8) is 0 Å². The van der Waals surface area contributed by atoms with E-state index in [0.717, 1.165) is 24.2 Å². The van der Waals surface area contributed by atoms with Crippen molar-refractivity contribution in [2.45, 2.75) is 45.6 Å². The molecular formula is C18H23NO4S. The second kappa shape index (κ2) is 5.82. The van der Waals surface area contributed by atoms with E-state index in [9.17, 15) is 18.9 Å². The average molecular weight is 349 g/mol. The molecule has 0 saturated heterocycles. The summed E-state index contributed by atoms with van der Waals surface area (Å²) < 4.78 is 12.9. The molecule has 2 fully saturated rings. The fraction of sp³-hybridized carbons (Fsp3) is 0.667. The summed E-state index contributed by atoms with van der Waals surface area (Å²) in [7, 11) is -1.60. The summed E-state index contributed by atoms with van der Waals surface area (Å²) in [5.74, 6) is 2.09. The topological polar surface area (TPSA) is 74.7 Å². The van der Waals surface area contributed by atoms with Gasteiger partial charge in [-0.05, 0) is 30.6 Å². The number of rotatable bonds is 5. The molecule has 2 amide bonds.